The number of hydrogen-bond acceptors (Lipinski definition) is 3. The quantitative estimate of drug-likeness (QED) is 0.456. The molecule has 0 unspecified atom stereocenters. The summed E-state index contributed by atoms with van der Waals surface area (Å²) in [5, 5.41) is 9.49. The van der Waals surface area contributed by atoms with Gasteiger partial charge in [-0.3, -0.25) is 9.48 Å². The molecule has 0 N–H and O–H groups in total. The molecule has 1 amide bonds. The van der Waals surface area contributed by atoms with Crippen LogP contribution in [-0.4, -0.2) is 36.9 Å². The minimum absolute atomic E-state index is 0.0682. The van der Waals surface area contributed by atoms with Crippen molar-refractivity contribution in [3.63, 3.8) is 0 Å². The highest BCUT2D eigenvalue weighted by Gasteiger charge is 2.37. The summed E-state index contributed by atoms with van der Waals surface area (Å²) in [6, 6.07) is 20.6. The number of carbonyl (C=O) groups is 1. The summed E-state index contributed by atoms with van der Waals surface area (Å²) in [6.45, 7) is 2.77. The van der Waals surface area contributed by atoms with Crippen molar-refractivity contribution in [1.82, 2.24) is 24.5 Å². The predicted octanol–water partition coefficient (Wildman–Crippen LogP) is 4.91. The molecular weight excluding hydrogens is 410 g/mol. The summed E-state index contributed by atoms with van der Waals surface area (Å²) in [4.78, 5) is 15.6. The van der Waals surface area contributed by atoms with Crippen molar-refractivity contribution < 1.29 is 4.79 Å². The van der Waals surface area contributed by atoms with Gasteiger partial charge in [0.25, 0.3) is 5.91 Å². The molecule has 2 aromatic heterocycles. The maximum atomic E-state index is 13.7. The second kappa shape index (κ2) is 7.73. The van der Waals surface area contributed by atoms with Crippen LogP contribution in [0.4, 0.5) is 0 Å². The second-order valence-corrected chi connectivity index (χ2v) is 9.09. The fraction of sp³-hybridized carbons (Fsp3) is 0.296. The molecule has 1 atom stereocenters. The van der Waals surface area contributed by atoms with Gasteiger partial charge in [0.15, 0.2) is 0 Å². The highest BCUT2D eigenvalue weighted by Crippen LogP contribution is 2.43. The molecule has 1 saturated carbocycles. The van der Waals surface area contributed by atoms with E-state index >= 15 is 0 Å². The molecule has 0 radical (unpaired) electrons. The lowest BCUT2D eigenvalue weighted by atomic mass is 9.95. The lowest BCUT2D eigenvalue weighted by molar-refractivity contribution is 0.0672. The smallest absolute Gasteiger partial charge is 0.257 e. The van der Waals surface area contributed by atoms with Crippen LogP contribution in [0, 0.1) is 0 Å². The number of amides is 1. The Morgan fingerprint density at radius 1 is 1.00 bits per heavy atom. The average Bonchev–Trinajstić information content (AvgIpc) is 3.49. The third kappa shape index (κ3) is 3.28. The Balaban J connectivity index is 1.43. The Bertz CT molecular complexity index is 1320. The number of hydrogen-bond donors (Lipinski definition) is 0. The molecule has 33 heavy (non-hydrogen) atoms. The van der Waals surface area contributed by atoms with Crippen LogP contribution in [-0.2, 0) is 13.5 Å². The second-order valence-electron chi connectivity index (χ2n) is 9.09. The zero-order chi connectivity index (χ0) is 22.5. The minimum atomic E-state index is -0.110. The van der Waals surface area contributed by atoms with Gasteiger partial charge in [-0.25, -0.2) is 4.68 Å². The first-order valence-corrected chi connectivity index (χ1v) is 11.7. The van der Waals surface area contributed by atoms with E-state index in [1.165, 1.54) is 5.56 Å². The van der Waals surface area contributed by atoms with Crippen LogP contribution in [0.25, 0.3) is 16.9 Å². The fourth-order valence-electron chi connectivity index (χ4n) is 5.16. The van der Waals surface area contributed by atoms with Crippen LogP contribution in [0.2, 0.25) is 0 Å². The molecule has 6 nitrogen and oxygen atoms in total. The Morgan fingerprint density at radius 2 is 1.70 bits per heavy atom. The van der Waals surface area contributed by atoms with Crippen molar-refractivity contribution in [3.8, 4) is 16.9 Å². The van der Waals surface area contributed by atoms with Crippen molar-refractivity contribution in [2.75, 3.05) is 6.54 Å². The Kier molecular flexibility index (Phi) is 4.68. The van der Waals surface area contributed by atoms with Gasteiger partial charge in [0.1, 0.15) is 0 Å². The van der Waals surface area contributed by atoms with Crippen molar-refractivity contribution in [3.05, 3.63) is 89.4 Å². The highest BCUT2D eigenvalue weighted by atomic mass is 16.2. The van der Waals surface area contributed by atoms with Gasteiger partial charge in [-0.1, -0.05) is 48.5 Å². The number of para-hydroxylation sites is 1. The van der Waals surface area contributed by atoms with Crippen molar-refractivity contribution in [1.29, 1.82) is 0 Å². The van der Waals surface area contributed by atoms with Crippen molar-refractivity contribution in [2.24, 2.45) is 7.05 Å². The van der Waals surface area contributed by atoms with Gasteiger partial charge in [-0.2, -0.15) is 10.2 Å². The van der Waals surface area contributed by atoms with Gasteiger partial charge >= 0.3 is 0 Å². The molecule has 1 fully saturated rings. The SMILES string of the molecule is C[C@@H]1c2nn(-c3ccccc3)c(-c3ccccc3)c2CCN1C(=O)c1cnn(C)c1C1CC1. The summed E-state index contributed by atoms with van der Waals surface area (Å²) in [7, 11) is 1.94. The zero-order valence-corrected chi connectivity index (χ0v) is 19.0. The molecule has 2 aliphatic rings. The normalized spacial score (nSPS) is 17.8. The molecular formula is C27H27N5O. The van der Waals surface area contributed by atoms with E-state index in [0.29, 0.717) is 12.5 Å². The number of aromatic nitrogens is 4. The van der Waals surface area contributed by atoms with E-state index in [2.05, 4.69) is 48.4 Å². The van der Waals surface area contributed by atoms with E-state index in [1.807, 2.05) is 45.6 Å². The van der Waals surface area contributed by atoms with Crippen molar-refractivity contribution >= 4 is 5.91 Å². The third-order valence-electron chi connectivity index (χ3n) is 6.97. The fourth-order valence-corrected chi connectivity index (χ4v) is 5.16. The standard InChI is InChI=1S/C27H27N5O/c1-18-24-22(15-16-31(18)27(33)23-17-28-30(2)25(23)20-13-14-20)26(19-9-5-3-6-10-19)32(29-24)21-11-7-4-8-12-21/h3-12,17-18,20H,13-16H2,1-2H3/t18-/m1/s1. The zero-order valence-electron chi connectivity index (χ0n) is 19.0. The molecule has 1 aliphatic heterocycles. The summed E-state index contributed by atoms with van der Waals surface area (Å²) < 4.78 is 3.92. The van der Waals surface area contributed by atoms with Crippen molar-refractivity contribution in [2.45, 2.75) is 38.1 Å². The van der Waals surface area contributed by atoms with E-state index in [4.69, 9.17) is 5.10 Å². The van der Waals surface area contributed by atoms with Crippen LogP contribution in [0.15, 0.2) is 66.9 Å². The molecule has 0 saturated heterocycles. The van der Waals surface area contributed by atoms with Crippen LogP contribution < -0.4 is 0 Å². The maximum absolute atomic E-state index is 13.7. The average molecular weight is 438 g/mol. The Labute approximate surface area is 193 Å². The first kappa shape index (κ1) is 20.0. The van der Waals surface area contributed by atoms with E-state index in [9.17, 15) is 4.79 Å². The first-order chi connectivity index (χ1) is 16.1. The van der Waals surface area contributed by atoms with Crippen LogP contribution in [0.5, 0.6) is 0 Å². The van der Waals surface area contributed by atoms with E-state index in [0.717, 1.165) is 53.2 Å². The molecule has 3 heterocycles. The van der Waals surface area contributed by atoms with Gasteiger partial charge in [0.05, 0.1) is 40.6 Å². The highest BCUT2D eigenvalue weighted by molar-refractivity contribution is 5.96. The summed E-state index contributed by atoms with van der Waals surface area (Å²) >= 11 is 0. The number of fused-ring (bicyclic) bond motifs is 1. The number of aryl methyl sites for hydroxylation is 1. The molecule has 4 aromatic rings. The third-order valence-corrected chi connectivity index (χ3v) is 6.97. The molecule has 166 valence electrons. The van der Waals surface area contributed by atoms with Gasteiger partial charge in [-0.15, -0.1) is 0 Å². The number of carbonyl (C=O) groups excluding carboxylic acids is 1. The minimum Gasteiger partial charge on any atom is -0.330 e. The van der Waals surface area contributed by atoms with Gasteiger partial charge < -0.3 is 4.90 Å². The van der Waals surface area contributed by atoms with E-state index in [-0.39, 0.29) is 11.9 Å². The number of nitrogens with zero attached hydrogens (tertiary/aromatic N) is 5. The van der Waals surface area contributed by atoms with E-state index in [1.54, 1.807) is 6.20 Å². The molecule has 0 spiro atoms. The molecule has 1 aliphatic carbocycles. The lowest BCUT2D eigenvalue weighted by Crippen LogP contribution is -2.39. The molecule has 6 heteroatoms. The summed E-state index contributed by atoms with van der Waals surface area (Å²) in [5.74, 6) is 0.535. The number of benzene rings is 2. The Hall–Kier alpha value is -3.67. The van der Waals surface area contributed by atoms with Crippen LogP contribution in [0.3, 0.4) is 0 Å². The molecule has 2 aromatic carbocycles. The van der Waals surface area contributed by atoms with Gasteiger partial charge in [0.2, 0.25) is 0 Å². The predicted molar refractivity (Wildman–Crippen MR) is 127 cm³/mol. The molecule has 0 bridgehead atoms. The number of rotatable bonds is 4. The first-order valence-electron chi connectivity index (χ1n) is 11.7. The van der Waals surface area contributed by atoms with Gasteiger partial charge in [-0.05, 0) is 38.3 Å². The van der Waals surface area contributed by atoms with Crippen LogP contribution >= 0.6 is 0 Å². The summed E-state index contributed by atoms with van der Waals surface area (Å²) in [5.41, 5.74) is 7.34. The lowest BCUT2D eigenvalue weighted by Gasteiger charge is -2.33. The maximum Gasteiger partial charge on any atom is 0.257 e. The largest absolute Gasteiger partial charge is 0.330 e. The van der Waals surface area contributed by atoms with Gasteiger partial charge in [0, 0.05) is 30.6 Å². The monoisotopic (exact) mass is 437 g/mol. The Morgan fingerprint density at radius 3 is 2.39 bits per heavy atom. The topological polar surface area (TPSA) is 56.0 Å². The molecule has 6 rings (SSSR count). The summed E-state index contributed by atoms with van der Waals surface area (Å²) in [6.07, 6.45) is 4.81. The van der Waals surface area contributed by atoms with Crippen LogP contribution in [0.1, 0.15) is 59.0 Å². The van der Waals surface area contributed by atoms with E-state index < -0.39 is 0 Å².